The lowest BCUT2D eigenvalue weighted by atomic mass is 10.4. The normalized spacial score (nSPS) is 11.6. The summed E-state index contributed by atoms with van der Waals surface area (Å²) >= 11 is 6.05. The van der Waals surface area contributed by atoms with Crippen LogP contribution in [0, 0.1) is 0 Å². The summed E-state index contributed by atoms with van der Waals surface area (Å²) in [7, 11) is 2.75. The van der Waals surface area contributed by atoms with Crippen molar-refractivity contribution in [1.82, 2.24) is 0 Å². The van der Waals surface area contributed by atoms with E-state index in [-0.39, 0.29) is 0 Å². The molecule has 0 aromatic heterocycles. The molecule has 0 saturated heterocycles. The molecule has 0 N–H and O–H groups in total. The molecule has 72 valence electrons. The Morgan fingerprint density at radius 2 is 2.00 bits per heavy atom. The molecule has 0 aliphatic rings. The van der Waals surface area contributed by atoms with E-state index < -0.39 is 6.80 Å². The molecule has 0 radical (unpaired) electrons. The fourth-order valence-corrected chi connectivity index (χ4v) is 3.27. The Labute approximate surface area is 82.5 Å². The summed E-state index contributed by atoms with van der Waals surface area (Å²) in [5.41, 5.74) is 0. The second-order valence-electron chi connectivity index (χ2n) is 2.10. The minimum Gasteiger partial charge on any atom is -0.304 e. The highest BCUT2D eigenvalue weighted by Gasteiger charge is 2.20. The highest BCUT2D eigenvalue weighted by molar-refractivity contribution is 8.55. The minimum absolute atomic E-state index is 0.675. The largest absolute Gasteiger partial charge is 0.388 e. The lowest BCUT2D eigenvalue weighted by Crippen LogP contribution is -1.91. The number of hydrogen-bond acceptors (Lipinski definition) is 5. The highest BCUT2D eigenvalue weighted by Crippen LogP contribution is 2.59. The molecule has 0 aliphatic carbocycles. The number of thiocarbonyl (C=S) groups is 1. The molecule has 0 spiro atoms. The minimum atomic E-state index is -2.88. The number of hydrogen-bond donors (Lipinski definition) is 0. The lowest BCUT2D eigenvalue weighted by molar-refractivity contribution is 0.295. The summed E-state index contributed by atoms with van der Waals surface area (Å²) in [6, 6.07) is 0. The van der Waals surface area contributed by atoms with E-state index in [4.69, 9.17) is 21.3 Å². The maximum Gasteiger partial charge on any atom is 0.388 e. The first-order valence-corrected chi connectivity index (χ1v) is 6.93. The van der Waals surface area contributed by atoms with Gasteiger partial charge in [-0.2, -0.15) is 0 Å². The molecular formula is C6H13O3PS2. The van der Waals surface area contributed by atoms with Gasteiger partial charge in [-0.3, -0.25) is 0 Å². The van der Waals surface area contributed by atoms with Gasteiger partial charge in [0.05, 0.1) is 0 Å². The Hall–Kier alpha value is 0.590. The molecule has 0 rings (SSSR count). The van der Waals surface area contributed by atoms with Gasteiger partial charge < -0.3 is 9.05 Å². The van der Waals surface area contributed by atoms with Crippen molar-refractivity contribution in [3.63, 3.8) is 0 Å². The molecule has 6 heteroatoms. The summed E-state index contributed by atoms with van der Waals surface area (Å²) < 4.78 is 20.9. The van der Waals surface area contributed by atoms with Crippen molar-refractivity contribution in [3.05, 3.63) is 0 Å². The zero-order valence-electron chi connectivity index (χ0n) is 7.40. The van der Waals surface area contributed by atoms with E-state index >= 15 is 0 Å². The first kappa shape index (κ1) is 12.6. The van der Waals surface area contributed by atoms with Crippen LogP contribution >= 0.6 is 30.4 Å². The van der Waals surface area contributed by atoms with Crippen LogP contribution in [0.25, 0.3) is 0 Å². The van der Waals surface area contributed by atoms with Crippen LogP contribution < -0.4 is 0 Å². The summed E-state index contributed by atoms with van der Waals surface area (Å²) in [4.78, 5) is 0.904. The van der Waals surface area contributed by atoms with Crippen LogP contribution in [0.1, 0.15) is 13.3 Å². The van der Waals surface area contributed by atoms with Gasteiger partial charge in [0.2, 0.25) is 0 Å². The first-order valence-electron chi connectivity index (χ1n) is 3.39. The maximum absolute atomic E-state index is 11.4. The highest BCUT2D eigenvalue weighted by atomic mass is 32.7. The first-order chi connectivity index (χ1) is 5.54. The number of rotatable bonds is 6. The van der Waals surface area contributed by atoms with Crippen molar-refractivity contribution in [2.45, 2.75) is 13.3 Å². The molecule has 0 fully saturated rings. The Balaban J connectivity index is 3.74. The predicted molar refractivity (Wildman–Crippen MR) is 57.0 cm³/mol. The average Bonchev–Trinajstić information content (AvgIpc) is 2.03. The molecule has 0 aromatic rings. The fraction of sp³-hybridized carbons (Fsp3) is 0.833. The van der Waals surface area contributed by atoms with Crippen molar-refractivity contribution < 1.29 is 13.6 Å². The monoisotopic (exact) mass is 228 g/mol. The van der Waals surface area contributed by atoms with E-state index in [0.717, 1.165) is 11.3 Å². The van der Waals surface area contributed by atoms with Gasteiger partial charge in [0.25, 0.3) is 0 Å². The van der Waals surface area contributed by atoms with E-state index in [0.29, 0.717) is 5.75 Å². The van der Waals surface area contributed by atoms with Crippen molar-refractivity contribution >= 4 is 35.3 Å². The Morgan fingerprint density at radius 3 is 2.33 bits per heavy atom. The van der Waals surface area contributed by atoms with Crippen LogP contribution in [0.15, 0.2) is 0 Å². The van der Waals surface area contributed by atoms with Gasteiger partial charge >= 0.3 is 6.80 Å². The van der Waals surface area contributed by atoms with Crippen molar-refractivity contribution in [2.24, 2.45) is 0 Å². The second kappa shape index (κ2) is 6.11. The van der Waals surface area contributed by atoms with Gasteiger partial charge in [-0.15, -0.1) is 0 Å². The van der Waals surface area contributed by atoms with E-state index in [1.54, 1.807) is 0 Å². The van der Waals surface area contributed by atoms with Gasteiger partial charge in [-0.05, 0) is 29.6 Å². The third kappa shape index (κ3) is 5.27. The van der Waals surface area contributed by atoms with Crippen LogP contribution in [-0.4, -0.2) is 24.8 Å². The molecule has 0 amide bonds. The lowest BCUT2D eigenvalue weighted by Gasteiger charge is -2.11. The van der Waals surface area contributed by atoms with Crippen LogP contribution in [-0.2, 0) is 13.6 Å². The SMILES string of the molecule is COP(=O)(OC)SCCC(C)=S. The van der Waals surface area contributed by atoms with Gasteiger partial charge in [0.1, 0.15) is 0 Å². The summed E-state index contributed by atoms with van der Waals surface area (Å²) in [6.07, 6.45) is 0.761. The molecule has 0 aromatic carbocycles. The molecule has 0 heterocycles. The van der Waals surface area contributed by atoms with Crippen LogP contribution in [0.4, 0.5) is 0 Å². The van der Waals surface area contributed by atoms with Gasteiger partial charge in [0, 0.05) is 20.0 Å². The average molecular weight is 228 g/mol. The van der Waals surface area contributed by atoms with Crippen molar-refractivity contribution in [3.8, 4) is 0 Å². The Bertz CT molecular complexity index is 187. The molecule has 0 atom stereocenters. The molecule has 12 heavy (non-hydrogen) atoms. The second-order valence-corrected chi connectivity index (χ2v) is 7.20. The summed E-state index contributed by atoms with van der Waals surface area (Å²) in [6.45, 7) is -1.02. The zero-order chi connectivity index (χ0) is 9.61. The molecular weight excluding hydrogens is 215 g/mol. The maximum atomic E-state index is 11.4. The van der Waals surface area contributed by atoms with Gasteiger partial charge in [0.15, 0.2) is 0 Å². The Morgan fingerprint density at radius 1 is 1.50 bits per heavy atom. The van der Waals surface area contributed by atoms with E-state index in [2.05, 4.69) is 0 Å². The summed E-state index contributed by atoms with van der Waals surface area (Å²) in [5.74, 6) is 0.675. The van der Waals surface area contributed by atoms with Gasteiger partial charge in [-0.25, -0.2) is 4.57 Å². The quantitative estimate of drug-likeness (QED) is 0.516. The van der Waals surface area contributed by atoms with Crippen LogP contribution in [0.3, 0.4) is 0 Å². The van der Waals surface area contributed by atoms with Crippen molar-refractivity contribution in [2.75, 3.05) is 20.0 Å². The topological polar surface area (TPSA) is 35.5 Å². The smallest absolute Gasteiger partial charge is 0.304 e. The molecule has 0 bridgehead atoms. The van der Waals surface area contributed by atoms with Crippen LogP contribution in [0.5, 0.6) is 0 Å². The van der Waals surface area contributed by atoms with E-state index in [9.17, 15) is 4.57 Å². The van der Waals surface area contributed by atoms with Crippen LogP contribution in [0.2, 0.25) is 0 Å². The molecule has 0 unspecified atom stereocenters. The molecule has 0 saturated carbocycles. The standard InChI is InChI=1S/C6H13O3PS2/c1-6(11)4-5-12-10(7,8-2)9-3/h4-5H2,1-3H3. The van der Waals surface area contributed by atoms with E-state index in [1.165, 1.54) is 25.6 Å². The fourth-order valence-electron chi connectivity index (χ4n) is 0.481. The molecule has 3 nitrogen and oxygen atoms in total. The van der Waals surface area contributed by atoms with Gasteiger partial charge in [-0.1, -0.05) is 12.2 Å². The predicted octanol–water partition coefficient (Wildman–Crippen LogP) is 2.90. The van der Waals surface area contributed by atoms with E-state index in [1.807, 2.05) is 6.92 Å². The molecule has 0 aliphatic heterocycles. The van der Waals surface area contributed by atoms with Crippen molar-refractivity contribution in [1.29, 1.82) is 0 Å². The summed E-state index contributed by atoms with van der Waals surface area (Å²) in [5, 5.41) is 0. The Kier molecular flexibility index (Phi) is 6.41. The zero-order valence-corrected chi connectivity index (χ0v) is 9.93. The third-order valence-corrected chi connectivity index (χ3v) is 5.34. The third-order valence-electron chi connectivity index (χ3n) is 1.15.